The van der Waals surface area contributed by atoms with Crippen molar-refractivity contribution in [2.45, 2.75) is 6.92 Å². The second-order valence-electron chi connectivity index (χ2n) is 8.63. The smallest absolute Gasteiger partial charge is 0.337 e. The van der Waals surface area contributed by atoms with Crippen molar-refractivity contribution in [1.82, 2.24) is 0 Å². The van der Waals surface area contributed by atoms with Crippen molar-refractivity contribution in [3.63, 3.8) is 0 Å². The zero-order chi connectivity index (χ0) is 28.3. The van der Waals surface area contributed by atoms with Gasteiger partial charge in [-0.05, 0) is 42.8 Å². The average Bonchev–Trinajstić information content (AvgIpc) is 2.89. The molecule has 7 nitrogen and oxygen atoms in total. The van der Waals surface area contributed by atoms with E-state index in [1.54, 1.807) is 6.92 Å². The number of carboxylic acid groups (broad SMARTS) is 2. The summed E-state index contributed by atoms with van der Waals surface area (Å²) >= 11 is 25.5. The van der Waals surface area contributed by atoms with Crippen LogP contribution < -0.4 is 10.5 Å². The molecule has 3 aromatic rings. The van der Waals surface area contributed by atoms with E-state index in [9.17, 15) is 29.7 Å². The third-order valence-corrected chi connectivity index (χ3v) is 8.09. The summed E-state index contributed by atoms with van der Waals surface area (Å²) in [6, 6.07) is 11.1. The number of halogens is 4. The lowest BCUT2D eigenvalue weighted by atomic mass is 9.88. The fourth-order valence-electron chi connectivity index (χ4n) is 4.41. The van der Waals surface area contributed by atoms with Crippen LogP contribution in [0.1, 0.15) is 26.3 Å². The van der Waals surface area contributed by atoms with Crippen LogP contribution in [0.15, 0.2) is 57.7 Å². The van der Waals surface area contributed by atoms with Gasteiger partial charge in [-0.1, -0.05) is 64.1 Å². The van der Waals surface area contributed by atoms with E-state index in [1.807, 2.05) is 0 Å². The van der Waals surface area contributed by atoms with E-state index in [0.29, 0.717) is 16.5 Å². The Labute approximate surface area is 239 Å². The first-order chi connectivity index (χ1) is 18.4. The summed E-state index contributed by atoms with van der Waals surface area (Å²) in [5.41, 5.74) is 0.476. The molecule has 0 unspecified atom stereocenters. The monoisotopic (exact) mass is 601 g/mol. The van der Waals surface area contributed by atoms with Gasteiger partial charge in [-0.15, -0.1) is 5.75 Å². The van der Waals surface area contributed by atoms with E-state index in [4.69, 9.17) is 50.8 Å². The maximum atomic E-state index is 13.1. The third-order valence-electron chi connectivity index (χ3n) is 6.29. The second kappa shape index (κ2) is 9.77. The highest BCUT2D eigenvalue weighted by atomic mass is 35.5. The maximum absolute atomic E-state index is 13.1. The van der Waals surface area contributed by atoms with Crippen LogP contribution in [0.5, 0.6) is 5.75 Å². The molecule has 0 radical (unpaired) electrons. The standard InChI is InChI=1S/C28H14Cl4O7/c1-10-6-14-18(8-16(10)33)39-19-9-17(34)13(11-2-4-12(5-3-11)27(35)36)7-15(19)20(14)21-22(28(37)38)24(30)26(32)25(31)23(21)29/h2-9,33H,1H3,(H,35,36)(H,37,38)/p-1. The van der Waals surface area contributed by atoms with E-state index >= 15 is 0 Å². The Morgan fingerprint density at radius 1 is 0.795 bits per heavy atom. The van der Waals surface area contributed by atoms with Crippen molar-refractivity contribution < 1.29 is 29.3 Å². The van der Waals surface area contributed by atoms with Gasteiger partial charge in [-0.25, -0.2) is 9.59 Å². The van der Waals surface area contributed by atoms with Gasteiger partial charge in [-0.3, -0.25) is 4.79 Å². The van der Waals surface area contributed by atoms with E-state index < -0.39 is 22.9 Å². The van der Waals surface area contributed by atoms with Gasteiger partial charge in [0, 0.05) is 33.7 Å². The van der Waals surface area contributed by atoms with Gasteiger partial charge in [-0.2, -0.15) is 0 Å². The highest BCUT2D eigenvalue weighted by Gasteiger charge is 2.30. The molecule has 2 N–H and O–H groups in total. The third kappa shape index (κ3) is 4.37. The van der Waals surface area contributed by atoms with Crippen LogP contribution in [0.2, 0.25) is 20.1 Å². The molecule has 0 bridgehead atoms. The maximum Gasteiger partial charge on any atom is 0.337 e. The zero-order valence-corrected chi connectivity index (χ0v) is 22.6. The Bertz CT molecular complexity index is 1890. The minimum atomic E-state index is -1.44. The highest BCUT2D eigenvalue weighted by molar-refractivity contribution is 6.54. The summed E-state index contributed by atoms with van der Waals surface area (Å²) in [5.74, 6) is -2.88. The first kappa shape index (κ1) is 26.8. The molecule has 3 aromatic carbocycles. The molecule has 1 aliphatic carbocycles. The van der Waals surface area contributed by atoms with Crippen LogP contribution in [0, 0.1) is 6.92 Å². The van der Waals surface area contributed by atoms with Crippen LogP contribution in [-0.2, 0) is 0 Å². The molecule has 196 valence electrons. The number of aromatic carboxylic acids is 2. The van der Waals surface area contributed by atoms with Gasteiger partial charge in [0.25, 0.3) is 0 Å². The van der Waals surface area contributed by atoms with Crippen LogP contribution in [0.25, 0.3) is 44.5 Å². The molecule has 0 aromatic heterocycles. The molecular formula is C28H13Cl4O7-. The topological polar surface area (TPSA) is 128 Å². The van der Waals surface area contributed by atoms with Crippen LogP contribution >= 0.6 is 46.4 Å². The molecule has 0 amide bonds. The Balaban J connectivity index is 1.99. The van der Waals surface area contributed by atoms with Crippen molar-refractivity contribution in [3.8, 4) is 39.3 Å². The minimum Gasteiger partial charge on any atom is -0.872 e. The van der Waals surface area contributed by atoms with Gasteiger partial charge in [0.05, 0.1) is 31.2 Å². The Kier molecular flexibility index (Phi) is 6.73. The lowest BCUT2D eigenvalue weighted by Gasteiger charge is -2.22. The number of rotatable bonds is 4. The van der Waals surface area contributed by atoms with Crippen molar-refractivity contribution in [1.29, 1.82) is 0 Å². The van der Waals surface area contributed by atoms with Gasteiger partial charge in [0.15, 0.2) is 5.43 Å². The van der Waals surface area contributed by atoms with Crippen LogP contribution in [-0.4, -0.2) is 22.2 Å². The molecule has 0 atom stereocenters. The van der Waals surface area contributed by atoms with E-state index in [2.05, 4.69) is 0 Å². The number of benzene rings is 4. The number of carboxylic acids is 2. The highest BCUT2D eigenvalue weighted by Crippen LogP contribution is 2.51. The first-order valence-corrected chi connectivity index (χ1v) is 12.6. The lowest BCUT2D eigenvalue weighted by molar-refractivity contribution is -0.269. The predicted octanol–water partition coefficient (Wildman–Crippen LogP) is 7.62. The number of aryl methyl sites for hydroxylation is 1. The molecule has 1 heterocycles. The fraction of sp³-hybridized carbons (Fsp3) is 0.0357. The quantitative estimate of drug-likeness (QED) is 0.123. The molecule has 0 spiro atoms. The van der Waals surface area contributed by atoms with E-state index in [0.717, 1.165) is 0 Å². The number of hydrogen-bond donors (Lipinski definition) is 2. The Hall–Kier alpha value is -3.75. The molecule has 39 heavy (non-hydrogen) atoms. The van der Waals surface area contributed by atoms with Gasteiger partial charge >= 0.3 is 11.9 Å². The molecule has 5 rings (SSSR count). The molecule has 0 saturated carbocycles. The summed E-state index contributed by atoms with van der Waals surface area (Å²) in [6.07, 6.45) is 0. The average molecular weight is 603 g/mol. The minimum absolute atomic E-state index is 0.0286. The van der Waals surface area contributed by atoms with Gasteiger partial charge in [0.1, 0.15) is 11.3 Å². The second-order valence-corrected chi connectivity index (χ2v) is 10.1. The summed E-state index contributed by atoms with van der Waals surface area (Å²) in [7, 11) is 0. The van der Waals surface area contributed by atoms with Crippen LogP contribution in [0.3, 0.4) is 0 Å². The lowest BCUT2D eigenvalue weighted by Crippen LogP contribution is -2.08. The van der Waals surface area contributed by atoms with E-state index in [1.165, 1.54) is 48.5 Å². The summed E-state index contributed by atoms with van der Waals surface area (Å²) < 4.78 is 5.93. The Morgan fingerprint density at radius 2 is 1.44 bits per heavy atom. The Morgan fingerprint density at radius 3 is 2.05 bits per heavy atom. The van der Waals surface area contributed by atoms with Crippen molar-refractivity contribution >= 4 is 69.3 Å². The normalized spacial score (nSPS) is 11.3. The first-order valence-electron chi connectivity index (χ1n) is 11.1. The zero-order valence-electron chi connectivity index (χ0n) is 19.6. The number of fused-ring (bicyclic) bond motifs is 2. The summed E-state index contributed by atoms with van der Waals surface area (Å²) in [5, 5.41) is 31.1. The summed E-state index contributed by atoms with van der Waals surface area (Å²) in [4.78, 5) is 36.9. The predicted molar refractivity (Wildman–Crippen MR) is 148 cm³/mol. The number of hydrogen-bond acceptors (Lipinski definition) is 5. The molecule has 0 fully saturated rings. The fourth-order valence-corrected chi connectivity index (χ4v) is 5.44. The molecule has 11 heteroatoms. The van der Waals surface area contributed by atoms with Gasteiger partial charge < -0.3 is 19.7 Å². The molecule has 0 saturated heterocycles. The van der Waals surface area contributed by atoms with E-state index in [-0.39, 0.29) is 65.0 Å². The van der Waals surface area contributed by atoms with Gasteiger partial charge in [0.2, 0.25) is 0 Å². The molecule has 1 aliphatic heterocycles. The SMILES string of the molecule is Cc1cc2c(-c3c(Cl)c(Cl)c(Cl)c(Cl)c3C(=O)O)c3cc(-c4ccc(C(=O)O)cc4)c(=O)cc-3oc2cc1[O-]. The number of carbonyl (C=O) groups is 2. The van der Waals surface area contributed by atoms with Crippen molar-refractivity contribution in [2.24, 2.45) is 0 Å². The van der Waals surface area contributed by atoms with Crippen molar-refractivity contribution in [2.75, 3.05) is 0 Å². The molecule has 2 aliphatic rings. The van der Waals surface area contributed by atoms with Crippen molar-refractivity contribution in [3.05, 3.63) is 95.5 Å². The molecular weight excluding hydrogens is 590 g/mol. The van der Waals surface area contributed by atoms with Crippen LogP contribution in [0.4, 0.5) is 0 Å². The largest absolute Gasteiger partial charge is 0.872 e. The summed E-state index contributed by atoms with van der Waals surface area (Å²) in [6.45, 7) is 1.58.